The van der Waals surface area contributed by atoms with Gasteiger partial charge in [-0.15, -0.1) is 0 Å². The minimum absolute atomic E-state index is 0.0507. The molecular weight excluding hydrogens is 560 g/mol. The first-order valence-corrected chi connectivity index (χ1v) is 17.2. The highest BCUT2D eigenvalue weighted by atomic mass is 16.6. The van der Waals surface area contributed by atoms with E-state index in [0.717, 1.165) is 38.5 Å². The zero-order chi connectivity index (χ0) is 32.3. The minimum atomic E-state index is -0.993. The van der Waals surface area contributed by atoms with E-state index in [1.807, 2.05) is 0 Å². The number of benzene rings is 1. The molecule has 8 heteroatoms. The average molecular weight is 619 g/mol. The van der Waals surface area contributed by atoms with E-state index in [4.69, 9.17) is 18.9 Å². The molecule has 0 aromatic heterocycles. The molecule has 0 aliphatic carbocycles. The molecule has 0 aliphatic rings. The first kappa shape index (κ1) is 39.1. The summed E-state index contributed by atoms with van der Waals surface area (Å²) in [5, 5.41) is 0. The second-order valence-electron chi connectivity index (χ2n) is 11.6. The molecule has 0 aliphatic heterocycles. The number of para-hydroxylation sites is 1. The van der Waals surface area contributed by atoms with Crippen LogP contribution in [0.5, 0.6) is 5.75 Å². The summed E-state index contributed by atoms with van der Waals surface area (Å²) in [7, 11) is 0. The molecule has 1 aromatic carbocycles. The summed E-state index contributed by atoms with van der Waals surface area (Å²) in [5.74, 6) is -2.03. The van der Waals surface area contributed by atoms with Crippen molar-refractivity contribution < 1.29 is 38.1 Å². The molecule has 0 heterocycles. The Morgan fingerprint density at radius 2 is 1.00 bits per heavy atom. The highest BCUT2D eigenvalue weighted by molar-refractivity contribution is 5.93. The Hall–Kier alpha value is -2.90. The summed E-state index contributed by atoms with van der Waals surface area (Å²) >= 11 is 0. The van der Waals surface area contributed by atoms with E-state index in [2.05, 4.69) is 13.8 Å². The third kappa shape index (κ3) is 20.9. The maximum absolute atomic E-state index is 13.0. The van der Waals surface area contributed by atoms with Crippen molar-refractivity contribution in [3.63, 3.8) is 0 Å². The normalized spacial score (nSPS) is 10.9. The Balaban J connectivity index is 2.52. The van der Waals surface area contributed by atoms with Crippen LogP contribution >= 0.6 is 0 Å². The van der Waals surface area contributed by atoms with Crippen molar-refractivity contribution in [2.45, 2.75) is 155 Å². The SMILES string of the molecule is CCCCCCCCCCCC(=O)OCC(COC(=O)CCCCCCCCCCC)OC(=O)c1ccccc1OC(C)=O. The fourth-order valence-electron chi connectivity index (χ4n) is 4.89. The van der Waals surface area contributed by atoms with Gasteiger partial charge in [0.2, 0.25) is 0 Å². The summed E-state index contributed by atoms with van der Waals surface area (Å²) in [6, 6.07) is 6.22. The maximum atomic E-state index is 13.0. The van der Waals surface area contributed by atoms with Crippen LogP contribution in [0.2, 0.25) is 0 Å². The van der Waals surface area contributed by atoms with Gasteiger partial charge in [0.25, 0.3) is 0 Å². The summed E-state index contributed by atoms with van der Waals surface area (Å²) in [6.07, 6.45) is 20.2. The molecule has 1 aromatic rings. The number of hydrogen-bond donors (Lipinski definition) is 0. The van der Waals surface area contributed by atoms with Crippen molar-refractivity contribution >= 4 is 23.9 Å². The van der Waals surface area contributed by atoms with E-state index < -0.39 is 18.0 Å². The first-order valence-electron chi connectivity index (χ1n) is 17.2. The molecule has 1 rings (SSSR count). The molecular formula is C36H58O8. The number of carbonyl (C=O) groups is 4. The lowest BCUT2D eigenvalue weighted by atomic mass is 10.1. The van der Waals surface area contributed by atoms with Gasteiger partial charge in [0.05, 0.1) is 0 Å². The Morgan fingerprint density at radius 3 is 1.43 bits per heavy atom. The molecule has 8 nitrogen and oxygen atoms in total. The zero-order valence-corrected chi connectivity index (χ0v) is 27.7. The number of ether oxygens (including phenoxy) is 4. The lowest BCUT2D eigenvalue weighted by Crippen LogP contribution is -2.31. The van der Waals surface area contributed by atoms with Crippen LogP contribution in [-0.2, 0) is 28.6 Å². The molecule has 250 valence electrons. The van der Waals surface area contributed by atoms with Crippen molar-refractivity contribution in [3.8, 4) is 5.75 Å². The second kappa shape index (κ2) is 26.5. The summed E-state index contributed by atoms with van der Waals surface area (Å²) in [6.45, 7) is 5.20. The number of unbranched alkanes of at least 4 members (excludes halogenated alkanes) is 16. The van der Waals surface area contributed by atoms with Gasteiger partial charge in [-0.05, 0) is 25.0 Å². The molecule has 0 N–H and O–H groups in total. The lowest BCUT2D eigenvalue weighted by Gasteiger charge is -2.19. The highest BCUT2D eigenvalue weighted by Gasteiger charge is 2.23. The highest BCUT2D eigenvalue weighted by Crippen LogP contribution is 2.20. The molecule has 0 radical (unpaired) electrons. The molecule has 0 bridgehead atoms. The van der Waals surface area contributed by atoms with E-state index in [1.54, 1.807) is 12.1 Å². The van der Waals surface area contributed by atoms with Gasteiger partial charge in [0, 0.05) is 19.8 Å². The van der Waals surface area contributed by atoms with Crippen molar-refractivity contribution in [2.75, 3.05) is 13.2 Å². The molecule has 0 atom stereocenters. The first-order chi connectivity index (χ1) is 21.4. The molecule has 0 spiro atoms. The largest absolute Gasteiger partial charge is 0.462 e. The quantitative estimate of drug-likeness (QED) is 0.0416. The smallest absolute Gasteiger partial charge is 0.342 e. The van der Waals surface area contributed by atoms with Gasteiger partial charge in [-0.2, -0.15) is 0 Å². The maximum Gasteiger partial charge on any atom is 0.342 e. The van der Waals surface area contributed by atoms with Crippen molar-refractivity contribution in [3.05, 3.63) is 29.8 Å². The Morgan fingerprint density at radius 1 is 0.591 bits per heavy atom. The third-order valence-electron chi connectivity index (χ3n) is 7.46. The topological polar surface area (TPSA) is 105 Å². The van der Waals surface area contributed by atoms with Gasteiger partial charge >= 0.3 is 23.9 Å². The molecule has 44 heavy (non-hydrogen) atoms. The molecule has 0 unspecified atom stereocenters. The molecule has 0 saturated heterocycles. The van der Waals surface area contributed by atoms with Crippen molar-refractivity contribution in [2.24, 2.45) is 0 Å². The molecule has 0 amide bonds. The monoisotopic (exact) mass is 618 g/mol. The third-order valence-corrected chi connectivity index (χ3v) is 7.46. The van der Waals surface area contributed by atoms with E-state index >= 15 is 0 Å². The average Bonchev–Trinajstić information content (AvgIpc) is 3.00. The van der Waals surface area contributed by atoms with Gasteiger partial charge in [0.15, 0.2) is 6.10 Å². The van der Waals surface area contributed by atoms with Crippen LogP contribution in [0.15, 0.2) is 24.3 Å². The van der Waals surface area contributed by atoms with E-state index in [0.29, 0.717) is 0 Å². The van der Waals surface area contributed by atoms with Crippen LogP contribution in [0.3, 0.4) is 0 Å². The number of rotatable bonds is 27. The van der Waals surface area contributed by atoms with Crippen LogP contribution in [0.25, 0.3) is 0 Å². The van der Waals surface area contributed by atoms with Crippen LogP contribution in [0.1, 0.15) is 160 Å². The number of carbonyl (C=O) groups excluding carboxylic acids is 4. The Bertz CT molecular complexity index is 890. The molecule has 0 fully saturated rings. The second-order valence-corrected chi connectivity index (χ2v) is 11.6. The van der Waals surface area contributed by atoms with Gasteiger partial charge in [-0.3, -0.25) is 14.4 Å². The van der Waals surface area contributed by atoms with E-state index in [-0.39, 0.29) is 49.3 Å². The minimum Gasteiger partial charge on any atom is -0.462 e. The van der Waals surface area contributed by atoms with Crippen LogP contribution in [-0.4, -0.2) is 43.2 Å². The van der Waals surface area contributed by atoms with Gasteiger partial charge in [-0.1, -0.05) is 129 Å². The fraction of sp³-hybridized carbons (Fsp3) is 0.722. The van der Waals surface area contributed by atoms with Crippen LogP contribution in [0, 0.1) is 0 Å². The fourth-order valence-corrected chi connectivity index (χ4v) is 4.89. The van der Waals surface area contributed by atoms with Crippen molar-refractivity contribution in [1.82, 2.24) is 0 Å². The van der Waals surface area contributed by atoms with Crippen LogP contribution < -0.4 is 4.74 Å². The summed E-state index contributed by atoms with van der Waals surface area (Å²) in [4.78, 5) is 49.2. The van der Waals surface area contributed by atoms with Crippen LogP contribution in [0.4, 0.5) is 0 Å². The number of esters is 4. The van der Waals surface area contributed by atoms with Gasteiger partial charge < -0.3 is 18.9 Å². The predicted octanol–water partition coefficient (Wildman–Crippen LogP) is 9.07. The molecule has 0 saturated carbocycles. The number of hydrogen-bond acceptors (Lipinski definition) is 8. The predicted molar refractivity (Wildman–Crippen MR) is 173 cm³/mol. The van der Waals surface area contributed by atoms with E-state index in [9.17, 15) is 19.2 Å². The van der Waals surface area contributed by atoms with E-state index in [1.165, 1.54) is 96.1 Å². The standard InChI is InChI=1S/C36H58O8/c1-4-6-8-10-12-14-16-18-20-26-34(38)41-28-31(44-36(40)32-24-22-23-25-33(32)43-30(3)37)29-42-35(39)27-21-19-17-15-13-11-9-7-5-2/h22-25,31H,4-21,26-29H2,1-3H3. The zero-order valence-electron chi connectivity index (χ0n) is 27.7. The summed E-state index contributed by atoms with van der Waals surface area (Å²) < 4.78 is 21.5. The lowest BCUT2D eigenvalue weighted by molar-refractivity contribution is -0.153. The Labute approximate surface area is 265 Å². The van der Waals surface area contributed by atoms with Gasteiger partial charge in [-0.25, -0.2) is 4.79 Å². The van der Waals surface area contributed by atoms with Gasteiger partial charge in [0.1, 0.15) is 24.5 Å². The van der Waals surface area contributed by atoms with Crippen molar-refractivity contribution in [1.29, 1.82) is 0 Å². The Kier molecular flexibility index (Phi) is 23.6. The summed E-state index contributed by atoms with van der Waals surface area (Å²) in [5.41, 5.74) is 0.0507.